The van der Waals surface area contributed by atoms with Gasteiger partial charge in [-0.3, -0.25) is 0 Å². The Hall–Kier alpha value is 0.270. The molecule has 2 nitrogen and oxygen atoms in total. The number of aliphatic hydroxyl groups excluding tert-OH is 1. The summed E-state index contributed by atoms with van der Waals surface area (Å²) in [6.07, 6.45) is 2.38. The Labute approximate surface area is 86.7 Å². The second kappa shape index (κ2) is 5.89. The van der Waals surface area contributed by atoms with Crippen molar-refractivity contribution in [3.05, 3.63) is 0 Å². The summed E-state index contributed by atoms with van der Waals surface area (Å²) in [5, 5.41) is 8.99. The third-order valence-electron chi connectivity index (χ3n) is 2.98. The van der Waals surface area contributed by atoms with Crippen LogP contribution in [0.2, 0.25) is 0 Å². The summed E-state index contributed by atoms with van der Waals surface area (Å²) < 4.78 is 0. The first kappa shape index (κ1) is 11.3. The van der Waals surface area contributed by atoms with Crippen LogP contribution in [-0.2, 0) is 0 Å². The van der Waals surface area contributed by atoms with Crippen LogP contribution in [0.15, 0.2) is 0 Å². The number of nitrogens with zero attached hydrogens (tertiary/aromatic N) is 1. The maximum atomic E-state index is 8.99. The molecule has 78 valence electrons. The normalized spacial score (nSPS) is 26.5. The Morgan fingerprint density at radius 3 is 2.85 bits per heavy atom. The first-order valence-electron chi connectivity index (χ1n) is 5.24. The molecule has 2 atom stereocenters. The molecule has 0 aromatic rings. The number of rotatable bonds is 5. The van der Waals surface area contributed by atoms with Gasteiger partial charge in [-0.25, -0.2) is 0 Å². The zero-order valence-corrected chi connectivity index (χ0v) is 9.34. The minimum Gasteiger partial charge on any atom is -0.396 e. The van der Waals surface area contributed by atoms with Gasteiger partial charge in [-0.05, 0) is 30.6 Å². The number of thiol groups is 1. The predicted molar refractivity (Wildman–Crippen MR) is 59.3 cm³/mol. The molecular formula is C10H21NOS. The van der Waals surface area contributed by atoms with Gasteiger partial charge in [0.2, 0.25) is 0 Å². The molecule has 0 spiro atoms. The van der Waals surface area contributed by atoms with Crippen molar-refractivity contribution in [3.8, 4) is 0 Å². The fraction of sp³-hybridized carbons (Fsp3) is 1.00. The highest BCUT2D eigenvalue weighted by atomic mass is 32.1. The Bertz CT molecular complexity index is 139. The SMILES string of the molecule is CCC(CS)CN1CCC(CO)C1. The van der Waals surface area contributed by atoms with Crippen molar-refractivity contribution in [2.75, 3.05) is 32.0 Å². The van der Waals surface area contributed by atoms with E-state index in [2.05, 4.69) is 24.5 Å². The van der Waals surface area contributed by atoms with Crippen LogP contribution in [0.3, 0.4) is 0 Å². The minimum atomic E-state index is 0.355. The second-order valence-corrected chi connectivity index (χ2v) is 4.42. The van der Waals surface area contributed by atoms with Gasteiger partial charge in [0.15, 0.2) is 0 Å². The van der Waals surface area contributed by atoms with Gasteiger partial charge in [-0.15, -0.1) is 0 Å². The van der Waals surface area contributed by atoms with Gasteiger partial charge in [0.05, 0.1) is 0 Å². The molecule has 0 aromatic heterocycles. The van der Waals surface area contributed by atoms with Gasteiger partial charge >= 0.3 is 0 Å². The van der Waals surface area contributed by atoms with Crippen molar-refractivity contribution in [2.45, 2.75) is 19.8 Å². The molecule has 0 radical (unpaired) electrons. The van der Waals surface area contributed by atoms with E-state index >= 15 is 0 Å². The Morgan fingerprint density at radius 2 is 2.38 bits per heavy atom. The van der Waals surface area contributed by atoms with Crippen LogP contribution < -0.4 is 0 Å². The first-order chi connectivity index (χ1) is 6.30. The highest BCUT2D eigenvalue weighted by Gasteiger charge is 2.22. The maximum Gasteiger partial charge on any atom is 0.0471 e. The molecule has 1 N–H and O–H groups in total. The first-order valence-corrected chi connectivity index (χ1v) is 5.87. The fourth-order valence-corrected chi connectivity index (χ4v) is 2.28. The molecule has 1 rings (SSSR count). The van der Waals surface area contributed by atoms with Gasteiger partial charge in [0, 0.05) is 19.7 Å². The van der Waals surface area contributed by atoms with E-state index in [0.29, 0.717) is 12.5 Å². The molecule has 0 aromatic carbocycles. The van der Waals surface area contributed by atoms with E-state index in [1.165, 1.54) is 12.8 Å². The highest BCUT2D eigenvalue weighted by Crippen LogP contribution is 2.18. The van der Waals surface area contributed by atoms with Crippen LogP contribution in [-0.4, -0.2) is 42.0 Å². The summed E-state index contributed by atoms with van der Waals surface area (Å²) in [6, 6.07) is 0. The zero-order valence-electron chi connectivity index (χ0n) is 8.45. The van der Waals surface area contributed by atoms with Crippen LogP contribution in [0.25, 0.3) is 0 Å². The molecule has 1 aliphatic heterocycles. The molecular weight excluding hydrogens is 182 g/mol. The van der Waals surface area contributed by atoms with E-state index in [4.69, 9.17) is 5.11 Å². The molecule has 0 bridgehead atoms. The lowest BCUT2D eigenvalue weighted by Crippen LogP contribution is -2.28. The third kappa shape index (κ3) is 3.49. The highest BCUT2D eigenvalue weighted by molar-refractivity contribution is 7.80. The third-order valence-corrected chi connectivity index (χ3v) is 3.50. The standard InChI is InChI=1S/C10H21NOS/c1-2-9(8-13)5-11-4-3-10(6-11)7-12/h9-10,12-13H,2-8H2,1H3. The van der Waals surface area contributed by atoms with Crippen molar-refractivity contribution in [1.82, 2.24) is 4.90 Å². The summed E-state index contributed by atoms with van der Waals surface area (Å²) in [5.41, 5.74) is 0. The van der Waals surface area contributed by atoms with Gasteiger partial charge in [-0.2, -0.15) is 12.6 Å². The lowest BCUT2D eigenvalue weighted by molar-refractivity contribution is 0.214. The van der Waals surface area contributed by atoms with Crippen LogP contribution >= 0.6 is 12.6 Å². The smallest absolute Gasteiger partial charge is 0.0471 e. The number of hydrogen-bond acceptors (Lipinski definition) is 3. The predicted octanol–water partition coefficient (Wildman–Crippen LogP) is 1.26. The lowest BCUT2D eigenvalue weighted by atomic mass is 10.1. The van der Waals surface area contributed by atoms with Gasteiger partial charge < -0.3 is 10.0 Å². The van der Waals surface area contributed by atoms with Crippen molar-refractivity contribution < 1.29 is 5.11 Å². The lowest BCUT2D eigenvalue weighted by Gasteiger charge is -2.21. The molecule has 0 amide bonds. The van der Waals surface area contributed by atoms with Crippen LogP contribution in [0.1, 0.15) is 19.8 Å². The molecule has 1 fully saturated rings. The average molecular weight is 203 g/mol. The molecule has 13 heavy (non-hydrogen) atoms. The largest absolute Gasteiger partial charge is 0.396 e. The fourth-order valence-electron chi connectivity index (χ4n) is 1.91. The zero-order chi connectivity index (χ0) is 9.68. The summed E-state index contributed by atoms with van der Waals surface area (Å²) in [4.78, 5) is 2.46. The Kier molecular flexibility index (Phi) is 5.14. The summed E-state index contributed by atoms with van der Waals surface area (Å²) in [6.45, 7) is 5.99. The van der Waals surface area contributed by atoms with E-state index in [-0.39, 0.29) is 0 Å². The quantitative estimate of drug-likeness (QED) is 0.657. The minimum absolute atomic E-state index is 0.355. The molecule has 1 aliphatic rings. The molecule has 1 heterocycles. The van der Waals surface area contributed by atoms with Crippen LogP contribution in [0, 0.1) is 11.8 Å². The van der Waals surface area contributed by atoms with Gasteiger partial charge in [0.25, 0.3) is 0 Å². The monoisotopic (exact) mass is 203 g/mol. The molecule has 3 heteroatoms. The van der Waals surface area contributed by atoms with Crippen molar-refractivity contribution in [3.63, 3.8) is 0 Å². The van der Waals surface area contributed by atoms with Gasteiger partial charge in [-0.1, -0.05) is 13.3 Å². The Balaban J connectivity index is 2.22. The van der Waals surface area contributed by atoms with E-state index in [0.717, 1.165) is 31.3 Å². The van der Waals surface area contributed by atoms with E-state index in [9.17, 15) is 0 Å². The number of aliphatic hydroxyl groups is 1. The Morgan fingerprint density at radius 1 is 1.62 bits per heavy atom. The van der Waals surface area contributed by atoms with Crippen LogP contribution in [0.4, 0.5) is 0 Å². The number of hydrogen-bond donors (Lipinski definition) is 2. The maximum absolute atomic E-state index is 8.99. The molecule has 1 saturated heterocycles. The molecule has 2 unspecified atom stereocenters. The average Bonchev–Trinajstić information content (AvgIpc) is 2.61. The van der Waals surface area contributed by atoms with E-state index in [1.807, 2.05) is 0 Å². The second-order valence-electron chi connectivity index (χ2n) is 4.05. The summed E-state index contributed by atoms with van der Waals surface area (Å²) in [7, 11) is 0. The number of likely N-dealkylation sites (tertiary alicyclic amines) is 1. The van der Waals surface area contributed by atoms with Crippen LogP contribution in [0.5, 0.6) is 0 Å². The summed E-state index contributed by atoms with van der Waals surface area (Å²) in [5.74, 6) is 2.23. The van der Waals surface area contributed by atoms with Gasteiger partial charge in [0.1, 0.15) is 0 Å². The van der Waals surface area contributed by atoms with Crippen molar-refractivity contribution in [2.24, 2.45) is 11.8 Å². The molecule has 0 aliphatic carbocycles. The molecule has 0 saturated carbocycles. The van der Waals surface area contributed by atoms with E-state index < -0.39 is 0 Å². The summed E-state index contributed by atoms with van der Waals surface area (Å²) >= 11 is 4.34. The van der Waals surface area contributed by atoms with Crippen molar-refractivity contribution in [1.29, 1.82) is 0 Å². The van der Waals surface area contributed by atoms with E-state index in [1.54, 1.807) is 0 Å². The topological polar surface area (TPSA) is 23.5 Å². The van der Waals surface area contributed by atoms with Crippen molar-refractivity contribution >= 4 is 12.6 Å².